The highest BCUT2D eigenvalue weighted by Gasteiger charge is 2.34. The number of hydrogen-bond acceptors (Lipinski definition) is 4. The molecule has 1 aromatic carbocycles. The van der Waals surface area contributed by atoms with E-state index in [1.54, 1.807) is 31.1 Å². The Kier molecular flexibility index (Phi) is 6.14. The minimum Gasteiger partial charge on any atom is -0.493 e. The SMILES string of the molecule is CN1CCN(C(=O)CCOc2cccc(F)c2)C(C(=O)N(C)C)C1. The number of likely N-dealkylation sites (N-methyl/N-ethyl adjacent to an activating group) is 2. The van der Waals surface area contributed by atoms with E-state index in [0.29, 0.717) is 18.8 Å². The quantitative estimate of drug-likeness (QED) is 0.798. The van der Waals surface area contributed by atoms with Gasteiger partial charge < -0.3 is 19.4 Å². The first-order valence-electron chi connectivity index (χ1n) is 7.96. The first kappa shape index (κ1) is 18.2. The minimum atomic E-state index is -0.472. The zero-order valence-corrected chi connectivity index (χ0v) is 14.4. The number of amides is 2. The summed E-state index contributed by atoms with van der Waals surface area (Å²) in [6, 6.07) is 5.33. The second kappa shape index (κ2) is 8.10. The van der Waals surface area contributed by atoms with Crippen molar-refractivity contribution in [2.45, 2.75) is 12.5 Å². The van der Waals surface area contributed by atoms with E-state index >= 15 is 0 Å². The van der Waals surface area contributed by atoms with E-state index < -0.39 is 6.04 Å². The summed E-state index contributed by atoms with van der Waals surface area (Å²) < 4.78 is 18.5. The fourth-order valence-corrected chi connectivity index (χ4v) is 2.68. The largest absolute Gasteiger partial charge is 0.493 e. The molecular weight excluding hydrogens is 313 g/mol. The van der Waals surface area contributed by atoms with E-state index in [-0.39, 0.29) is 30.7 Å². The molecular formula is C17H24FN3O3. The minimum absolute atomic E-state index is 0.0825. The average molecular weight is 337 g/mol. The van der Waals surface area contributed by atoms with Crippen LogP contribution in [0, 0.1) is 5.82 Å². The van der Waals surface area contributed by atoms with Crippen LogP contribution in [0.3, 0.4) is 0 Å². The van der Waals surface area contributed by atoms with Crippen LogP contribution in [0.15, 0.2) is 24.3 Å². The molecule has 0 saturated carbocycles. The van der Waals surface area contributed by atoms with E-state index in [9.17, 15) is 14.0 Å². The highest BCUT2D eigenvalue weighted by Crippen LogP contribution is 2.14. The number of carbonyl (C=O) groups excluding carboxylic acids is 2. The molecule has 1 aliphatic rings. The summed E-state index contributed by atoms with van der Waals surface area (Å²) in [6.45, 7) is 1.91. The lowest BCUT2D eigenvalue weighted by Crippen LogP contribution is -2.59. The highest BCUT2D eigenvalue weighted by atomic mass is 19.1. The van der Waals surface area contributed by atoms with Crippen LogP contribution < -0.4 is 4.74 Å². The summed E-state index contributed by atoms with van der Waals surface area (Å²) in [4.78, 5) is 30.0. The molecule has 1 aromatic rings. The topological polar surface area (TPSA) is 53.1 Å². The van der Waals surface area contributed by atoms with Gasteiger partial charge in [0.15, 0.2) is 0 Å². The van der Waals surface area contributed by atoms with Crippen molar-refractivity contribution in [3.05, 3.63) is 30.1 Å². The fraction of sp³-hybridized carbons (Fsp3) is 0.529. The Morgan fingerprint density at radius 2 is 2.08 bits per heavy atom. The van der Waals surface area contributed by atoms with Gasteiger partial charge in [-0.1, -0.05) is 6.07 Å². The van der Waals surface area contributed by atoms with Gasteiger partial charge in [0.05, 0.1) is 13.0 Å². The number of piperazine rings is 1. The third-order valence-electron chi connectivity index (χ3n) is 4.01. The molecule has 0 bridgehead atoms. The summed E-state index contributed by atoms with van der Waals surface area (Å²) in [5.41, 5.74) is 0. The molecule has 1 saturated heterocycles. The van der Waals surface area contributed by atoms with Crippen molar-refractivity contribution in [2.24, 2.45) is 0 Å². The Bertz CT molecular complexity index is 594. The van der Waals surface area contributed by atoms with E-state index in [1.807, 2.05) is 11.9 Å². The van der Waals surface area contributed by atoms with Gasteiger partial charge in [-0.15, -0.1) is 0 Å². The van der Waals surface area contributed by atoms with Gasteiger partial charge >= 0.3 is 0 Å². The normalized spacial score (nSPS) is 18.3. The lowest BCUT2D eigenvalue weighted by molar-refractivity contribution is -0.147. The first-order chi connectivity index (χ1) is 11.4. The van der Waals surface area contributed by atoms with Gasteiger partial charge in [-0.3, -0.25) is 9.59 Å². The molecule has 1 atom stereocenters. The summed E-state index contributed by atoms with van der Waals surface area (Å²) >= 11 is 0. The van der Waals surface area contributed by atoms with Gasteiger partial charge in [0.25, 0.3) is 0 Å². The molecule has 1 heterocycles. The van der Waals surface area contributed by atoms with Crippen LogP contribution in [0.25, 0.3) is 0 Å². The number of rotatable bonds is 5. The van der Waals surface area contributed by atoms with Crippen LogP contribution >= 0.6 is 0 Å². The molecule has 0 radical (unpaired) electrons. The number of nitrogens with zero attached hydrogens (tertiary/aromatic N) is 3. The van der Waals surface area contributed by atoms with E-state index in [4.69, 9.17) is 4.74 Å². The lowest BCUT2D eigenvalue weighted by Gasteiger charge is -2.40. The van der Waals surface area contributed by atoms with Crippen molar-refractivity contribution in [3.63, 3.8) is 0 Å². The predicted octanol–water partition coefficient (Wildman–Crippen LogP) is 0.825. The Morgan fingerprint density at radius 3 is 2.75 bits per heavy atom. The van der Waals surface area contributed by atoms with E-state index in [1.165, 1.54) is 17.0 Å². The molecule has 7 heteroatoms. The summed E-state index contributed by atoms with van der Waals surface area (Å²) in [5, 5.41) is 0. The maximum absolute atomic E-state index is 13.1. The van der Waals surface area contributed by atoms with Crippen molar-refractivity contribution in [1.82, 2.24) is 14.7 Å². The summed E-state index contributed by atoms with van der Waals surface area (Å²) in [5.74, 6) is -0.197. The van der Waals surface area contributed by atoms with Crippen molar-refractivity contribution < 1.29 is 18.7 Å². The van der Waals surface area contributed by atoms with Gasteiger partial charge in [0, 0.05) is 39.8 Å². The molecule has 2 rings (SSSR count). The highest BCUT2D eigenvalue weighted by molar-refractivity contribution is 5.88. The average Bonchev–Trinajstić information content (AvgIpc) is 2.53. The van der Waals surface area contributed by atoms with E-state index in [2.05, 4.69) is 0 Å². The van der Waals surface area contributed by atoms with Gasteiger partial charge in [-0.2, -0.15) is 0 Å². The maximum Gasteiger partial charge on any atom is 0.246 e. The van der Waals surface area contributed by atoms with E-state index in [0.717, 1.165) is 6.54 Å². The molecule has 0 aliphatic carbocycles. The Morgan fingerprint density at radius 1 is 1.33 bits per heavy atom. The monoisotopic (exact) mass is 337 g/mol. The van der Waals surface area contributed by atoms with Crippen molar-refractivity contribution in [3.8, 4) is 5.75 Å². The number of benzene rings is 1. The molecule has 1 fully saturated rings. The molecule has 0 spiro atoms. The van der Waals surface area contributed by atoms with Crippen LogP contribution in [-0.4, -0.2) is 79.9 Å². The lowest BCUT2D eigenvalue weighted by atomic mass is 10.1. The van der Waals surface area contributed by atoms with Crippen LogP contribution in [0.2, 0.25) is 0 Å². The third kappa shape index (κ3) is 4.67. The van der Waals surface area contributed by atoms with Crippen LogP contribution in [0.1, 0.15) is 6.42 Å². The standard InChI is InChI=1S/C17H24FN3O3/c1-19(2)17(23)15-12-20(3)8-9-21(15)16(22)7-10-24-14-6-4-5-13(18)11-14/h4-6,11,15H,7-10,12H2,1-3H3. The zero-order valence-electron chi connectivity index (χ0n) is 14.4. The van der Waals surface area contributed by atoms with Crippen LogP contribution in [0.4, 0.5) is 4.39 Å². The number of carbonyl (C=O) groups is 2. The molecule has 1 aliphatic heterocycles. The Hall–Kier alpha value is -2.15. The molecule has 132 valence electrons. The summed E-state index contributed by atoms with van der Waals surface area (Å²) in [7, 11) is 5.31. The Balaban J connectivity index is 1.92. The second-order valence-electron chi connectivity index (χ2n) is 6.15. The summed E-state index contributed by atoms with van der Waals surface area (Å²) in [6.07, 6.45) is 0.150. The third-order valence-corrected chi connectivity index (χ3v) is 4.01. The Labute approximate surface area is 141 Å². The van der Waals surface area contributed by atoms with Crippen molar-refractivity contribution in [2.75, 3.05) is 47.4 Å². The maximum atomic E-state index is 13.1. The molecule has 24 heavy (non-hydrogen) atoms. The smallest absolute Gasteiger partial charge is 0.246 e. The zero-order chi connectivity index (χ0) is 17.7. The number of ether oxygens (including phenoxy) is 1. The van der Waals surface area contributed by atoms with Crippen LogP contribution in [-0.2, 0) is 9.59 Å². The first-order valence-corrected chi connectivity index (χ1v) is 7.96. The van der Waals surface area contributed by atoms with Gasteiger partial charge in [0.2, 0.25) is 11.8 Å². The van der Waals surface area contributed by atoms with Gasteiger partial charge in [-0.25, -0.2) is 4.39 Å². The van der Waals surface area contributed by atoms with Gasteiger partial charge in [0.1, 0.15) is 17.6 Å². The molecule has 2 amide bonds. The molecule has 0 aromatic heterocycles. The fourth-order valence-electron chi connectivity index (χ4n) is 2.68. The van der Waals surface area contributed by atoms with Crippen molar-refractivity contribution >= 4 is 11.8 Å². The van der Waals surface area contributed by atoms with Gasteiger partial charge in [-0.05, 0) is 19.2 Å². The van der Waals surface area contributed by atoms with Crippen LogP contribution in [0.5, 0.6) is 5.75 Å². The molecule has 0 N–H and O–H groups in total. The molecule has 1 unspecified atom stereocenters. The number of halogens is 1. The predicted molar refractivity (Wildman–Crippen MR) is 88.2 cm³/mol. The van der Waals surface area contributed by atoms with Crippen molar-refractivity contribution in [1.29, 1.82) is 0 Å². The second-order valence-corrected chi connectivity index (χ2v) is 6.15. The number of hydrogen-bond donors (Lipinski definition) is 0. The molecule has 6 nitrogen and oxygen atoms in total.